The van der Waals surface area contributed by atoms with Gasteiger partial charge >= 0.3 is 0 Å². The third-order valence-corrected chi connectivity index (χ3v) is 7.22. The molecule has 2 aliphatic rings. The Morgan fingerprint density at radius 1 is 0.906 bits per heavy atom. The molecular formula is C28H33N3O. The first-order valence-corrected chi connectivity index (χ1v) is 12.1. The number of piperidine rings is 2. The van der Waals surface area contributed by atoms with Crippen LogP contribution in [0.5, 0.6) is 0 Å². The fourth-order valence-corrected chi connectivity index (χ4v) is 5.41. The van der Waals surface area contributed by atoms with Gasteiger partial charge in [-0.15, -0.1) is 0 Å². The smallest absolute Gasteiger partial charge is 0.254 e. The van der Waals surface area contributed by atoms with Crippen molar-refractivity contribution < 1.29 is 4.79 Å². The first-order valence-electron chi connectivity index (χ1n) is 12.1. The number of pyridine rings is 1. The number of para-hydroxylation sites is 1. The van der Waals surface area contributed by atoms with Gasteiger partial charge in [0.15, 0.2) is 0 Å². The van der Waals surface area contributed by atoms with E-state index in [4.69, 9.17) is 4.98 Å². The summed E-state index contributed by atoms with van der Waals surface area (Å²) in [5.74, 6) is 0.152. The fraction of sp³-hybridized carbons (Fsp3) is 0.429. The highest BCUT2D eigenvalue weighted by atomic mass is 16.2. The molecule has 0 bridgehead atoms. The molecule has 0 unspecified atom stereocenters. The molecule has 0 radical (unpaired) electrons. The Morgan fingerprint density at radius 3 is 2.34 bits per heavy atom. The van der Waals surface area contributed by atoms with E-state index in [9.17, 15) is 4.79 Å². The quantitative estimate of drug-likeness (QED) is 0.545. The third kappa shape index (κ3) is 4.16. The van der Waals surface area contributed by atoms with E-state index in [0.717, 1.165) is 59.2 Å². The van der Waals surface area contributed by atoms with Gasteiger partial charge in [-0.2, -0.15) is 0 Å². The number of fused-ring (bicyclic) bond motifs is 1. The molecule has 0 aliphatic carbocycles. The van der Waals surface area contributed by atoms with E-state index in [1.807, 2.05) is 25.1 Å². The van der Waals surface area contributed by atoms with Crippen LogP contribution in [0.4, 0.5) is 0 Å². The summed E-state index contributed by atoms with van der Waals surface area (Å²) >= 11 is 0. The lowest BCUT2D eigenvalue weighted by molar-refractivity contribution is 0.0591. The van der Waals surface area contributed by atoms with Gasteiger partial charge in [-0.05, 0) is 64.3 Å². The first kappa shape index (κ1) is 21.1. The van der Waals surface area contributed by atoms with Gasteiger partial charge in [-0.1, -0.05) is 54.4 Å². The summed E-state index contributed by atoms with van der Waals surface area (Å²) in [6.07, 6.45) is 6.19. The van der Waals surface area contributed by atoms with Crippen LogP contribution in [-0.4, -0.2) is 52.9 Å². The molecule has 2 saturated heterocycles. The maximum Gasteiger partial charge on any atom is 0.254 e. The molecule has 4 nitrogen and oxygen atoms in total. The van der Waals surface area contributed by atoms with Crippen LogP contribution in [0.25, 0.3) is 22.0 Å². The lowest BCUT2D eigenvalue weighted by Crippen LogP contribution is -2.48. The average Bonchev–Trinajstić information content (AvgIpc) is 2.84. The standard InChI is InChI=1S/C28H33N3O/c1-20-9-11-22(12-10-20)24-7-6-8-25-26(19-21(2)29-27(24)25)28(32)31-17-13-23(14-18-31)30-15-4-3-5-16-30/h6-12,19,23H,3-5,13-18H2,1-2H3. The molecule has 3 heterocycles. The Balaban J connectivity index is 1.42. The normalized spacial score (nSPS) is 18.2. The average molecular weight is 428 g/mol. The minimum absolute atomic E-state index is 0.152. The van der Waals surface area contributed by atoms with Gasteiger partial charge in [0, 0.05) is 35.8 Å². The van der Waals surface area contributed by atoms with Crippen LogP contribution >= 0.6 is 0 Å². The summed E-state index contributed by atoms with van der Waals surface area (Å²) in [5, 5.41) is 0.955. The highest BCUT2D eigenvalue weighted by Crippen LogP contribution is 2.31. The van der Waals surface area contributed by atoms with Crippen LogP contribution in [0.3, 0.4) is 0 Å². The third-order valence-electron chi connectivity index (χ3n) is 7.22. The maximum absolute atomic E-state index is 13.6. The second kappa shape index (κ2) is 9.03. The Kier molecular flexibility index (Phi) is 5.97. The molecule has 4 heteroatoms. The van der Waals surface area contributed by atoms with Crippen LogP contribution in [0.1, 0.15) is 53.7 Å². The second-order valence-electron chi connectivity index (χ2n) is 9.50. The molecule has 166 valence electrons. The van der Waals surface area contributed by atoms with Crippen molar-refractivity contribution in [3.05, 3.63) is 65.4 Å². The predicted octanol–water partition coefficient (Wildman–Crippen LogP) is 5.61. The lowest BCUT2D eigenvalue weighted by atomic mass is 9.96. The number of nitrogens with zero attached hydrogens (tertiary/aromatic N) is 3. The number of likely N-dealkylation sites (tertiary alicyclic amines) is 2. The number of rotatable bonds is 3. The minimum Gasteiger partial charge on any atom is -0.339 e. The molecular weight excluding hydrogens is 394 g/mol. The van der Waals surface area contributed by atoms with Crippen LogP contribution in [0, 0.1) is 13.8 Å². The van der Waals surface area contributed by atoms with Crippen molar-refractivity contribution in [2.24, 2.45) is 0 Å². The van der Waals surface area contributed by atoms with Gasteiger partial charge in [0.1, 0.15) is 0 Å². The Hall–Kier alpha value is -2.72. The van der Waals surface area contributed by atoms with Crippen molar-refractivity contribution in [2.45, 2.75) is 52.0 Å². The zero-order valence-electron chi connectivity index (χ0n) is 19.3. The highest BCUT2D eigenvalue weighted by molar-refractivity contribution is 6.09. The minimum atomic E-state index is 0.152. The number of carbonyl (C=O) groups is 1. The molecule has 1 aromatic heterocycles. The highest BCUT2D eigenvalue weighted by Gasteiger charge is 2.29. The molecule has 2 aromatic carbocycles. The number of hydrogen-bond donors (Lipinski definition) is 0. The number of hydrogen-bond acceptors (Lipinski definition) is 3. The van der Waals surface area contributed by atoms with Crippen LogP contribution < -0.4 is 0 Å². The van der Waals surface area contributed by atoms with E-state index in [0.29, 0.717) is 6.04 Å². The molecule has 2 aliphatic heterocycles. The number of carbonyl (C=O) groups excluding carboxylic acids is 1. The Morgan fingerprint density at radius 2 is 1.62 bits per heavy atom. The number of amides is 1. The molecule has 0 saturated carbocycles. The van der Waals surface area contributed by atoms with Crippen LogP contribution in [0.2, 0.25) is 0 Å². The summed E-state index contributed by atoms with van der Waals surface area (Å²) < 4.78 is 0. The molecule has 1 amide bonds. The van der Waals surface area contributed by atoms with Gasteiger partial charge in [0.05, 0.1) is 11.1 Å². The summed E-state index contributed by atoms with van der Waals surface area (Å²) in [7, 11) is 0. The molecule has 2 fully saturated rings. The number of benzene rings is 2. The second-order valence-corrected chi connectivity index (χ2v) is 9.50. The van der Waals surface area contributed by atoms with E-state index < -0.39 is 0 Å². The largest absolute Gasteiger partial charge is 0.339 e. The molecule has 0 atom stereocenters. The monoisotopic (exact) mass is 427 g/mol. The van der Waals surface area contributed by atoms with Gasteiger partial charge in [-0.25, -0.2) is 0 Å². The van der Waals surface area contributed by atoms with E-state index in [1.165, 1.54) is 37.9 Å². The van der Waals surface area contributed by atoms with Crippen LogP contribution in [-0.2, 0) is 0 Å². The van der Waals surface area contributed by atoms with Crippen molar-refractivity contribution in [1.29, 1.82) is 0 Å². The number of aromatic nitrogens is 1. The van der Waals surface area contributed by atoms with E-state index in [2.05, 4.69) is 47.1 Å². The summed E-state index contributed by atoms with van der Waals surface area (Å²) in [6.45, 7) is 8.25. The van der Waals surface area contributed by atoms with E-state index in [-0.39, 0.29) is 5.91 Å². The molecule has 0 spiro atoms. The Labute approximate surface area is 191 Å². The van der Waals surface area contributed by atoms with Crippen LogP contribution in [0.15, 0.2) is 48.5 Å². The van der Waals surface area contributed by atoms with Crippen molar-refractivity contribution >= 4 is 16.8 Å². The predicted molar refractivity (Wildman–Crippen MR) is 131 cm³/mol. The topological polar surface area (TPSA) is 36.4 Å². The van der Waals surface area contributed by atoms with E-state index >= 15 is 0 Å². The van der Waals surface area contributed by atoms with Gasteiger partial charge in [0.25, 0.3) is 5.91 Å². The maximum atomic E-state index is 13.6. The van der Waals surface area contributed by atoms with Gasteiger partial charge in [-0.3, -0.25) is 9.78 Å². The molecule has 3 aromatic rings. The lowest BCUT2D eigenvalue weighted by Gasteiger charge is -2.40. The van der Waals surface area contributed by atoms with Crippen molar-refractivity contribution in [3.8, 4) is 11.1 Å². The fourth-order valence-electron chi connectivity index (χ4n) is 5.41. The van der Waals surface area contributed by atoms with Crippen molar-refractivity contribution in [3.63, 3.8) is 0 Å². The molecule has 32 heavy (non-hydrogen) atoms. The molecule has 5 rings (SSSR count). The van der Waals surface area contributed by atoms with Crippen molar-refractivity contribution in [2.75, 3.05) is 26.2 Å². The van der Waals surface area contributed by atoms with Gasteiger partial charge < -0.3 is 9.80 Å². The SMILES string of the molecule is Cc1ccc(-c2cccc3c(C(=O)N4CCC(N5CCCCC5)CC4)cc(C)nc23)cc1. The Bertz CT molecular complexity index is 1110. The zero-order valence-corrected chi connectivity index (χ0v) is 19.3. The van der Waals surface area contributed by atoms with Crippen molar-refractivity contribution in [1.82, 2.24) is 14.8 Å². The zero-order chi connectivity index (χ0) is 22.1. The summed E-state index contributed by atoms with van der Waals surface area (Å²) in [6, 6.07) is 17.4. The molecule has 0 N–H and O–H groups in total. The summed E-state index contributed by atoms with van der Waals surface area (Å²) in [5.41, 5.74) is 6.07. The first-order chi connectivity index (χ1) is 15.6. The number of aryl methyl sites for hydroxylation is 2. The summed E-state index contributed by atoms with van der Waals surface area (Å²) in [4.78, 5) is 23.2. The van der Waals surface area contributed by atoms with E-state index in [1.54, 1.807) is 0 Å². The van der Waals surface area contributed by atoms with Gasteiger partial charge in [0.2, 0.25) is 0 Å².